The van der Waals surface area contributed by atoms with Gasteiger partial charge < -0.3 is 9.73 Å². The maximum Gasteiger partial charge on any atom is 0.226 e. The van der Waals surface area contributed by atoms with E-state index in [9.17, 15) is 4.79 Å². The van der Waals surface area contributed by atoms with Gasteiger partial charge in [0.2, 0.25) is 5.91 Å². The summed E-state index contributed by atoms with van der Waals surface area (Å²) in [7, 11) is 0. The summed E-state index contributed by atoms with van der Waals surface area (Å²) in [6.45, 7) is 9.88. The lowest BCUT2D eigenvalue weighted by molar-refractivity contribution is -0.118. The van der Waals surface area contributed by atoms with Crippen molar-refractivity contribution < 1.29 is 9.21 Å². The molecule has 1 aromatic carbocycles. The van der Waals surface area contributed by atoms with Crippen molar-refractivity contribution in [3.05, 3.63) is 54.0 Å². The van der Waals surface area contributed by atoms with Gasteiger partial charge in [-0.1, -0.05) is 26.0 Å². The molecule has 25 heavy (non-hydrogen) atoms. The largest absolute Gasteiger partial charge is 0.468 e. The van der Waals surface area contributed by atoms with Crippen LogP contribution in [0.3, 0.4) is 0 Å². The maximum atomic E-state index is 11.7. The van der Waals surface area contributed by atoms with Gasteiger partial charge in [0.1, 0.15) is 5.76 Å². The molecule has 1 aliphatic rings. The van der Waals surface area contributed by atoms with Crippen molar-refractivity contribution in [2.24, 2.45) is 5.92 Å². The first-order chi connectivity index (χ1) is 12.1. The number of hydrogen-bond acceptors (Lipinski definition) is 4. The molecule has 5 nitrogen and oxygen atoms in total. The second-order valence-corrected chi connectivity index (χ2v) is 6.97. The van der Waals surface area contributed by atoms with Crippen LogP contribution in [-0.2, 0) is 17.9 Å². The van der Waals surface area contributed by atoms with Crippen molar-refractivity contribution in [2.45, 2.75) is 26.9 Å². The molecule has 0 atom stereocenters. The number of anilines is 1. The van der Waals surface area contributed by atoms with E-state index >= 15 is 0 Å². The number of piperazine rings is 1. The highest BCUT2D eigenvalue weighted by atomic mass is 16.3. The topological polar surface area (TPSA) is 48.7 Å². The third-order valence-corrected chi connectivity index (χ3v) is 4.58. The summed E-state index contributed by atoms with van der Waals surface area (Å²) in [6.07, 6.45) is 1.73. The first-order valence-corrected chi connectivity index (χ1v) is 8.97. The summed E-state index contributed by atoms with van der Waals surface area (Å²) in [5.41, 5.74) is 2.15. The van der Waals surface area contributed by atoms with Gasteiger partial charge in [0.05, 0.1) is 12.8 Å². The molecule has 134 valence electrons. The van der Waals surface area contributed by atoms with Crippen LogP contribution in [0.5, 0.6) is 0 Å². The van der Waals surface area contributed by atoms with Gasteiger partial charge in [-0.2, -0.15) is 0 Å². The van der Waals surface area contributed by atoms with E-state index in [1.165, 1.54) is 5.56 Å². The van der Waals surface area contributed by atoms with Gasteiger partial charge in [-0.15, -0.1) is 0 Å². The predicted molar refractivity (Wildman–Crippen MR) is 99.2 cm³/mol. The molecule has 5 heteroatoms. The molecule has 1 fully saturated rings. The summed E-state index contributed by atoms with van der Waals surface area (Å²) < 4.78 is 5.43. The number of rotatable bonds is 6. The molecule has 0 saturated carbocycles. The minimum atomic E-state index is -0.00264. The highest BCUT2D eigenvalue weighted by molar-refractivity contribution is 5.92. The highest BCUT2D eigenvalue weighted by Crippen LogP contribution is 2.15. The Morgan fingerprint density at radius 2 is 1.68 bits per heavy atom. The predicted octanol–water partition coefficient (Wildman–Crippen LogP) is 3.19. The van der Waals surface area contributed by atoms with E-state index in [0.717, 1.165) is 50.7 Å². The third kappa shape index (κ3) is 5.18. The zero-order valence-electron chi connectivity index (χ0n) is 15.1. The Balaban J connectivity index is 1.45. The zero-order chi connectivity index (χ0) is 17.6. The fourth-order valence-electron chi connectivity index (χ4n) is 2.97. The number of carbonyl (C=O) groups excluding carboxylic acids is 1. The average molecular weight is 341 g/mol. The number of furan rings is 1. The van der Waals surface area contributed by atoms with Crippen LogP contribution in [0.25, 0.3) is 0 Å². The summed E-state index contributed by atoms with van der Waals surface area (Å²) in [5, 5.41) is 2.93. The highest BCUT2D eigenvalue weighted by Gasteiger charge is 2.17. The maximum absolute atomic E-state index is 11.7. The number of benzene rings is 1. The van der Waals surface area contributed by atoms with Crippen molar-refractivity contribution in [1.82, 2.24) is 9.80 Å². The second kappa shape index (κ2) is 8.32. The first-order valence-electron chi connectivity index (χ1n) is 8.97. The van der Waals surface area contributed by atoms with E-state index in [0.29, 0.717) is 0 Å². The minimum Gasteiger partial charge on any atom is -0.468 e. The lowest BCUT2D eigenvalue weighted by Gasteiger charge is -2.34. The molecule has 1 amide bonds. The van der Waals surface area contributed by atoms with Gasteiger partial charge in [-0.3, -0.25) is 14.6 Å². The molecule has 0 unspecified atom stereocenters. The minimum absolute atomic E-state index is 0.00264. The van der Waals surface area contributed by atoms with Crippen molar-refractivity contribution in [1.29, 1.82) is 0 Å². The number of hydrogen-bond donors (Lipinski definition) is 1. The summed E-state index contributed by atoms with van der Waals surface area (Å²) in [4.78, 5) is 16.6. The van der Waals surface area contributed by atoms with Crippen molar-refractivity contribution in [3.63, 3.8) is 0 Å². The Hall–Kier alpha value is -2.11. The van der Waals surface area contributed by atoms with Crippen molar-refractivity contribution in [2.75, 3.05) is 31.5 Å². The molecule has 2 aromatic rings. The lowest BCUT2D eigenvalue weighted by atomic mass is 10.1. The molecule has 0 bridgehead atoms. The number of amides is 1. The van der Waals surface area contributed by atoms with E-state index in [1.807, 2.05) is 38.1 Å². The molecular weight excluding hydrogens is 314 g/mol. The smallest absolute Gasteiger partial charge is 0.226 e. The monoisotopic (exact) mass is 341 g/mol. The van der Waals surface area contributed by atoms with Crippen LogP contribution in [0.15, 0.2) is 47.1 Å². The number of carbonyl (C=O) groups is 1. The molecule has 0 spiro atoms. The molecule has 3 rings (SSSR count). The summed E-state index contributed by atoms with van der Waals surface area (Å²) in [6, 6.07) is 12.2. The van der Waals surface area contributed by atoms with Crippen LogP contribution in [0.2, 0.25) is 0 Å². The van der Waals surface area contributed by atoms with Gasteiger partial charge in [0.15, 0.2) is 0 Å². The molecule has 1 aromatic heterocycles. The van der Waals surface area contributed by atoms with Crippen LogP contribution >= 0.6 is 0 Å². The Morgan fingerprint density at radius 3 is 2.24 bits per heavy atom. The second-order valence-electron chi connectivity index (χ2n) is 6.97. The van der Waals surface area contributed by atoms with Gasteiger partial charge in [0, 0.05) is 44.3 Å². The van der Waals surface area contributed by atoms with Crippen molar-refractivity contribution in [3.8, 4) is 0 Å². The third-order valence-electron chi connectivity index (χ3n) is 4.58. The average Bonchev–Trinajstić information content (AvgIpc) is 3.11. The quantitative estimate of drug-likeness (QED) is 0.877. The molecule has 1 aliphatic heterocycles. The zero-order valence-corrected chi connectivity index (χ0v) is 15.1. The van der Waals surface area contributed by atoms with Gasteiger partial charge in [0.25, 0.3) is 0 Å². The van der Waals surface area contributed by atoms with Gasteiger partial charge >= 0.3 is 0 Å². The van der Waals surface area contributed by atoms with Crippen LogP contribution in [0, 0.1) is 5.92 Å². The normalized spacial score (nSPS) is 16.3. The van der Waals surface area contributed by atoms with Crippen LogP contribution < -0.4 is 5.32 Å². The van der Waals surface area contributed by atoms with E-state index in [1.54, 1.807) is 6.26 Å². The van der Waals surface area contributed by atoms with Crippen LogP contribution in [0.4, 0.5) is 5.69 Å². The molecule has 1 N–H and O–H groups in total. The van der Waals surface area contributed by atoms with E-state index in [2.05, 4.69) is 27.2 Å². The SMILES string of the molecule is CC(C)C(=O)Nc1ccc(CN2CCN(Cc3ccco3)CC2)cc1. The van der Waals surface area contributed by atoms with E-state index in [4.69, 9.17) is 4.42 Å². The standard InChI is InChI=1S/C20H27N3O2/c1-16(2)20(24)21-18-7-5-17(6-8-18)14-22-9-11-23(12-10-22)15-19-4-3-13-25-19/h3-8,13,16H,9-12,14-15H2,1-2H3,(H,21,24). The Morgan fingerprint density at radius 1 is 1.04 bits per heavy atom. The first kappa shape index (κ1) is 17.7. The number of nitrogens with zero attached hydrogens (tertiary/aromatic N) is 2. The summed E-state index contributed by atoms with van der Waals surface area (Å²) >= 11 is 0. The molecule has 2 heterocycles. The van der Waals surface area contributed by atoms with E-state index in [-0.39, 0.29) is 11.8 Å². The lowest BCUT2D eigenvalue weighted by Crippen LogP contribution is -2.45. The number of nitrogens with one attached hydrogen (secondary N) is 1. The Bertz CT molecular complexity index is 657. The molecule has 0 radical (unpaired) electrons. The molecular formula is C20H27N3O2. The van der Waals surface area contributed by atoms with Gasteiger partial charge in [-0.25, -0.2) is 0 Å². The van der Waals surface area contributed by atoms with Crippen molar-refractivity contribution >= 4 is 11.6 Å². The summed E-state index contributed by atoms with van der Waals surface area (Å²) in [5.74, 6) is 1.09. The van der Waals surface area contributed by atoms with Gasteiger partial charge in [-0.05, 0) is 29.8 Å². The molecule has 1 saturated heterocycles. The fourth-order valence-corrected chi connectivity index (χ4v) is 2.97. The Kier molecular flexibility index (Phi) is 5.89. The fraction of sp³-hybridized carbons (Fsp3) is 0.450. The van der Waals surface area contributed by atoms with Crippen LogP contribution in [0.1, 0.15) is 25.2 Å². The Labute approximate surface area is 149 Å². The van der Waals surface area contributed by atoms with Crippen LogP contribution in [-0.4, -0.2) is 41.9 Å². The molecule has 0 aliphatic carbocycles. The van der Waals surface area contributed by atoms with E-state index < -0.39 is 0 Å².